The van der Waals surface area contributed by atoms with Crippen LogP contribution in [0.3, 0.4) is 0 Å². The van der Waals surface area contributed by atoms with Gasteiger partial charge in [-0.15, -0.1) is 0 Å². The summed E-state index contributed by atoms with van der Waals surface area (Å²) in [7, 11) is 0. The zero-order valence-corrected chi connectivity index (χ0v) is 13.1. The third-order valence-corrected chi connectivity index (χ3v) is 4.37. The molecule has 6 heteroatoms. The van der Waals surface area contributed by atoms with E-state index in [-0.39, 0.29) is 29.6 Å². The van der Waals surface area contributed by atoms with Crippen LogP contribution in [0.5, 0.6) is 0 Å². The lowest BCUT2D eigenvalue weighted by Crippen LogP contribution is -2.54. The number of fused-ring (bicyclic) bond motifs is 1. The molecular weight excluding hydrogens is 270 g/mol. The molecule has 118 valence electrons. The minimum Gasteiger partial charge on any atom is -0.345 e. The van der Waals surface area contributed by atoms with E-state index in [1.807, 2.05) is 18.7 Å². The topological polar surface area (TPSA) is 69.7 Å². The van der Waals surface area contributed by atoms with Gasteiger partial charge >= 0.3 is 0 Å². The summed E-state index contributed by atoms with van der Waals surface area (Å²) >= 11 is 0. The summed E-state index contributed by atoms with van der Waals surface area (Å²) in [4.78, 5) is 39.3. The van der Waals surface area contributed by atoms with E-state index in [0.717, 1.165) is 19.5 Å². The molecule has 2 aliphatic rings. The normalized spacial score (nSPS) is 24.1. The van der Waals surface area contributed by atoms with Crippen LogP contribution >= 0.6 is 0 Å². The molecule has 1 N–H and O–H groups in total. The van der Waals surface area contributed by atoms with Gasteiger partial charge in [-0.05, 0) is 19.3 Å². The summed E-state index contributed by atoms with van der Waals surface area (Å²) in [5.74, 6) is 0.211. The molecule has 2 rings (SSSR count). The van der Waals surface area contributed by atoms with Crippen LogP contribution in [0.2, 0.25) is 0 Å². The second kappa shape index (κ2) is 6.56. The van der Waals surface area contributed by atoms with E-state index < -0.39 is 6.04 Å². The summed E-state index contributed by atoms with van der Waals surface area (Å²) in [5, 5.41) is 2.82. The van der Waals surface area contributed by atoms with Crippen LogP contribution in [0, 0.1) is 5.92 Å². The average molecular weight is 295 g/mol. The van der Waals surface area contributed by atoms with Crippen molar-refractivity contribution in [3.63, 3.8) is 0 Å². The summed E-state index contributed by atoms with van der Waals surface area (Å²) in [6, 6.07) is -0.153. The molecule has 0 aliphatic carbocycles. The van der Waals surface area contributed by atoms with Gasteiger partial charge in [-0.25, -0.2) is 0 Å². The number of hydrogen-bond donors (Lipinski definition) is 1. The van der Waals surface area contributed by atoms with Gasteiger partial charge in [0.1, 0.15) is 0 Å². The number of nitrogens with zero attached hydrogens (tertiary/aromatic N) is 2. The highest BCUT2D eigenvalue weighted by Gasteiger charge is 2.36. The van der Waals surface area contributed by atoms with Crippen molar-refractivity contribution in [1.29, 1.82) is 0 Å². The monoisotopic (exact) mass is 295 g/mol. The minimum atomic E-state index is -0.410. The maximum absolute atomic E-state index is 12.1. The number of carbonyl (C=O) groups is 3. The molecule has 21 heavy (non-hydrogen) atoms. The first-order valence-electron chi connectivity index (χ1n) is 7.70. The van der Waals surface area contributed by atoms with Crippen LogP contribution in [-0.2, 0) is 14.4 Å². The molecule has 0 aromatic rings. The highest BCUT2D eigenvalue weighted by molar-refractivity contribution is 5.88. The molecule has 0 radical (unpaired) electrons. The number of hydrogen-bond acceptors (Lipinski definition) is 4. The van der Waals surface area contributed by atoms with Crippen molar-refractivity contribution in [2.24, 2.45) is 5.92 Å². The molecule has 2 aliphatic heterocycles. The van der Waals surface area contributed by atoms with E-state index in [2.05, 4.69) is 10.2 Å². The van der Waals surface area contributed by atoms with Crippen LogP contribution in [-0.4, -0.2) is 65.7 Å². The van der Waals surface area contributed by atoms with Gasteiger partial charge in [0.2, 0.25) is 11.8 Å². The standard InChI is InChI=1S/C15H25N3O3/c1-10(2)15(11(3)19)16-13(20)9-17-6-7-18-12(8-17)4-5-14(18)21/h10,12,15H,4-9H2,1-3H3,(H,16,20). The summed E-state index contributed by atoms with van der Waals surface area (Å²) in [6.45, 7) is 7.85. The zero-order chi connectivity index (χ0) is 15.6. The van der Waals surface area contributed by atoms with E-state index in [9.17, 15) is 14.4 Å². The average Bonchev–Trinajstić information content (AvgIpc) is 2.76. The van der Waals surface area contributed by atoms with Gasteiger partial charge in [0, 0.05) is 32.1 Å². The molecule has 2 atom stereocenters. The number of carbonyl (C=O) groups excluding carboxylic acids is 3. The van der Waals surface area contributed by atoms with Gasteiger partial charge in [0.15, 0.2) is 5.78 Å². The van der Waals surface area contributed by atoms with Crippen molar-refractivity contribution in [2.75, 3.05) is 26.2 Å². The van der Waals surface area contributed by atoms with Crippen molar-refractivity contribution in [3.05, 3.63) is 0 Å². The first kappa shape index (κ1) is 15.9. The second-order valence-corrected chi connectivity index (χ2v) is 6.41. The van der Waals surface area contributed by atoms with Gasteiger partial charge in [0.05, 0.1) is 12.6 Å². The molecule has 2 fully saturated rings. The summed E-state index contributed by atoms with van der Waals surface area (Å²) in [5.41, 5.74) is 0. The van der Waals surface area contributed by atoms with Gasteiger partial charge in [-0.2, -0.15) is 0 Å². The number of amides is 2. The quantitative estimate of drug-likeness (QED) is 0.776. The Morgan fingerprint density at radius 1 is 1.33 bits per heavy atom. The zero-order valence-electron chi connectivity index (χ0n) is 13.1. The Bertz CT molecular complexity index is 436. The molecule has 0 spiro atoms. The number of piperazine rings is 1. The van der Waals surface area contributed by atoms with E-state index in [4.69, 9.17) is 0 Å². The third-order valence-electron chi connectivity index (χ3n) is 4.37. The van der Waals surface area contributed by atoms with Gasteiger partial charge in [-0.1, -0.05) is 13.8 Å². The molecule has 0 aromatic heterocycles. The van der Waals surface area contributed by atoms with E-state index >= 15 is 0 Å². The first-order chi connectivity index (χ1) is 9.88. The van der Waals surface area contributed by atoms with Crippen molar-refractivity contribution < 1.29 is 14.4 Å². The highest BCUT2D eigenvalue weighted by atomic mass is 16.2. The predicted molar refractivity (Wildman–Crippen MR) is 78.6 cm³/mol. The molecule has 0 bridgehead atoms. The molecule has 0 aromatic carbocycles. The fourth-order valence-electron chi connectivity index (χ4n) is 3.23. The van der Waals surface area contributed by atoms with Crippen LogP contribution in [0.1, 0.15) is 33.6 Å². The SMILES string of the molecule is CC(=O)C(NC(=O)CN1CCN2C(=O)CCC2C1)C(C)C. The second-order valence-electron chi connectivity index (χ2n) is 6.41. The van der Waals surface area contributed by atoms with Crippen molar-refractivity contribution in [1.82, 2.24) is 15.1 Å². The molecule has 2 saturated heterocycles. The molecule has 2 unspecified atom stereocenters. The Labute approximate surface area is 125 Å². The van der Waals surface area contributed by atoms with Crippen LogP contribution in [0.4, 0.5) is 0 Å². The van der Waals surface area contributed by atoms with Crippen LogP contribution in [0.25, 0.3) is 0 Å². The molecule has 0 saturated carbocycles. The lowest BCUT2D eigenvalue weighted by Gasteiger charge is -2.37. The fourth-order valence-corrected chi connectivity index (χ4v) is 3.23. The maximum Gasteiger partial charge on any atom is 0.234 e. The van der Waals surface area contributed by atoms with Gasteiger partial charge in [-0.3, -0.25) is 19.3 Å². The van der Waals surface area contributed by atoms with Crippen molar-refractivity contribution in [2.45, 2.75) is 45.7 Å². The van der Waals surface area contributed by atoms with Crippen molar-refractivity contribution >= 4 is 17.6 Å². The number of Topliss-reactive ketones (excluding diaryl/α,β-unsaturated/α-hetero) is 1. The lowest BCUT2D eigenvalue weighted by molar-refractivity contribution is -0.132. The minimum absolute atomic E-state index is 0.00967. The Morgan fingerprint density at radius 3 is 2.67 bits per heavy atom. The molecule has 6 nitrogen and oxygen atoms in total. The van der Waals surface area contributed by atoms with E-state index in [1.165, 1.54) is 6.92 Å². The number of rotatable bonds is 5. The Kier molecular flexibility index (Phi) is 4.98. The van der Waals surface area contributed by atoms with Gasteiger partial charge < -0.3 is 10.2 Å². The largest absolute Gasteiger partial charge is 0.345 e. The van der Waals surface area contributed by atoms with Gasteiger partial charge in [0.25, 0.3) is 0 Å². The smallest absolute Gasteiger partial charge is 0.234 e. The lowest BCUT2D eigenvalue weighted by atomic mass is 10.0. The maximum atomic E-state index is 12.1. The summed E-state index contributed by atoms with van der Waals surface area (Å²) < 4.78 is 0. The molecule has 2 amide bonds. The van der Waals surface area contributed by atoms with Crippen LogP contribution in [0.15, 0.2) is 0 Å². The number of nitrogens with one attached hydrogen (secondary N) is 1. The van der Waals surface area contributed by atoms with E-state index in [0.29, 0.717) is 19.5 Å². The predicted octanol–water partition coefficient (Wildman–Crippen LogP) is 0.0228. The summed E-state index contributed by atoms with van der Waals surface area (Å²) in [6.07, 6.45) is 1.52. The first-order valence-corrected chi connectivity index (χ1v) is 7.70. The Balaban J connectivity index is 1.83. The fraction of sp³-hybridized carbons (Fsp3) is 0.800. The highest BCUT2D eigenvalue weighted by Crippen LogP contribution is 2.22. The van der Waals surface area contributed by atoms with Crippen molar-refractivity contribution in [3.8, 4) is 0 Å². The molecular formula is C15H25N3O3. The molecule has 2 heterocycles. The number of ketones is 1. The van der Waals surface area contributed by atoms with E-state index in [1.54, 1.807) is 0 Å². The Morgan fingerprint density at radius 2 is 2.05 bits per heavy atom. The third kappa shape index (κ3) is 3.81. The van der Waals surface area contributed by atoms with Crippen LogP contribution < -0.4 is 5.32 Å². The Hall–Kier alpha value is -1.43.